The summed E-state index contributed by atoms with van der Waals surface area (Å²) in [6, 6.07) is 7.65. The molecule has 0 spiro atoms. The summed E-state index contributed by atoms with van der Waals surface area (Å²) in [4.78, 5) is 4.14. The molecule has 6 heteroatoms. The number of aromatic nitrogens is 3. The molecule has 0 amide bonds. The molecule has 2 aromatic heterocycles. The summed E-state index contributed by atoms with van der Waals surface area (Å²) < 4.78 is 14.8. The number of rotatable bonds is 2. The maximum Gasteiger partial charge on any atom is 0.157 e. The van der Waals surface area contributed by atoms with Crippen LogP contribution in [0.1, 0.15) is 0 Å². The molecule has 0 atom stereocenters. The number of nitrogens with zero attached hydrogens (tertiary/aromatic N) is 3. The molecule has 18 heavy (non-hydrogen) atoms. The van der Waals surface area contributed by atoms with Crippen LogP contribution < -0.4 is 5.32 Å². The molecular weight excluding hydrogens is 255 g/mol. The van der Waals surface area contributed by atoms with Crippen molar-refractivity contribution in [3.63, 3.8) is 0 Å². The highest BCUT2D eigenvalue weighted by Crippen LogP contribution is 2.25. The van der Waals surface area contributed by atoms with Crippen molar-refractivity contribution in [1.29, 1.82) is 0 Å². The maximum absolute atomic E-state index is 13.2. The van der Waals surface area contributed by atoms with Crippen LogP contribution >= 0.6 is 11.6 Å². The third kappa shape index (κ3) is 1.89. The molecule has 0 aliphatic rings. The monoisotopic (exact) mass is 262 g/mol. The van der Waals surface area contributed by atoms with E-state index in [4.69, 9.17) is 11.6 Å². The molecule has 0 bridgehead atoms. The normalized spacial score (nSPS) is 10.8. The van der Waals surface area contributed by atoms with Crippen LogP contribution in [0.2, 0.25) is 5.02 Å². The number of halogens is 2. The Morgan fingerprint density at radius 3 is 2.94 bits per heavy atom. The fourth-order valence-electron chi connectivity index (χ4n) is 1.66. The quantitative estimate of drug-likeness (QED) is 0.771. The van der Waals surface area contributed by atoms with Crippen molar-refractivity contribution in [2.75, 3.05) is 5.32 Å². The predicted molar refractivity (Wildman–Crippen MR) is 67.7 cm³/mol. The number of anilines is 2. The fraction of sp³-hybridized carbons (Fsp3) is 0. The van der Waals surface area contributed by atoms with E-state index in [0.29, 0.717) is 22.2 Å². The summed E-state index contributed by atoms with van der Waals surface area (Å²) in [6.45, 7) is 0. The molecule has 0 radical (unpaired) electrons. The zero-order valence-corrected chi connectivity index (χ0v) is 9.89. The first-order valence-electron chi connectivity index (χ1n) is 5.25. The van der Waals surface area contributed by atoms with E-state index >= 15 is 0 Å². The van der Waals surface area contributed by atoms with Gasteiger partial charge in [0.2, 0.25) is 0 Å². The summed E-state index contributed by atoms with van der Waals surface area (Å²) in [6.07, 6.45) is 3.28. The Balaban J connectivity index is 2.06. The lowest BCUT2D eigenvalue weighted by Crippen LogP contribution is -2.01. The average Bonchev–Trinajstić information content (AvgIpc) is 2.83. The van der Waals surface area contributed by atoms with E-state index in [2.05, 4.69) is 15.4 Å². The van der Waals surface area contributed by atoms with Crippen LogP contribution in [-0.4, -0.2) is 14.6 Å². The molecule has 4 nitrogen and oxygen atoms in total. The van der Waals surface area contributed by atoms with Gasteiger partial charge in [-0.05, 0) is 24.3 Å². The topological polar surface area (TPSA) is 42.2 Å². The first-order valence-corrected chi connectivity index (χ1v) is 5.63. The summed E-state index contributed by atoms with van der Waals surface area (Å²) in [7, 11) is 0. The molecular formula is C12H8ClFN4. The minimum Gasteiger partial charge on any atom is -0.339 e. The van der Waals surface area contributed by atoms with Gasteiger partial charge in [-0.15, -0.1) is 0 Å². The summed E-state index contributed by atoms with van der Waals surface area (Å²) in [5, 5.41) is 7.59. The number of hydrogen-bond acceptors (Lipinski definition) is 3. The van der Waals surface area contributed by atoms with E-state index in [1.165, 1.54) is 18.2 Å². The number of hydrogen-bond donors (Lipinski definition) is 1. The Morgan fingerprint density at radius 1 is 1.17 bits per heavy atom. The van der Waals surface area contributed by atoms with Gasteiger partial charge in [-0.2, -0.15) is 9.61 Å². The van der Waals surface area contributed by atoms with Gasteiger partial charge < -0.3 is 5.32 Å². The molecule has 2 heterocycles. The Kier molecular flexibility index (Phi) is 2.60. The third-order valence-corrected chi connectivity index (χ3v) is 2.81. The van der Waals surface area contributed by atoms with Crippen molar-refractivity contribution < 1.29 is 4.39 Å². The lowest BCUT2D eigenvalue weighted by molar-refractivity contribution is 0.628. The maximum atomic E-state index is 13.2. The smallest absolute Gasteiger partial charge is 0.157 e. The second-order valence-electron chi connectivity index (χ2n) is 3.68. The standard InChI is InChI=1S/C12H8ClFN4/c13-9-2-1-8(14)7-10(9)17-12-3-5-15-11-4-6-16-18(11)12/h1-7,17H. The van der Waals surface area contributed by atoms with Crippen LogP contribution in [0.15, 0.2) is 42.7 Å². The van der Waals surface area contributed by atoms with Crippen LogP contribution in [0.3, 0.4) is 0 Å². The van der Waals surface area contributed by atoms with Crippen LogP contribution in [0.25, 0.3) is 5.65 Å². The molecule has 0 unspecified atom stereocenters. The third-order valence-electron chi connectivity index (χ3n) is 2.48. The van der Waals surface area contributed by atoms with E-state index in [-0.39, 0.29) is 5.82 Å². The molecule has 1 aromatic carbocycles. The molecule has 0 aliphatic heterocycles. The minimum absolute atomic E-state index is 0.354. The molecule has 0 aliphatic carbocycles. The number of fused-ring (bicyclic) bond motifs is 1. The van der Waals surface area contributed by atoms with E-state index in [9.17, 15) is 4.39 Å². The van der Waals surface area contributed by atoms with E-state index in [0.717, 1.165) is 0 Å². The highest BCUT2D eigenvalue weighted by atomic mass is 35.5. The fourth-order valence-corrected chi connectivity index (χ4v) is 1.83. The second kappa shape index (κ2) is 4.27. The molecule has 0 saturated carbocycles. The predicted octanol–water partition coefficient (Wildman–Crippen LogP) is 3.27. The highest BCUT2D eigenvalue weighted by molar-refractivity contribution is 6.33. The van der Waals surface area contributed by atoms with Crippen molar-refractivity contribution in [2.24, 2.45) is 0 Å². The van der Waals surface area contributed by atoms with Crippen LogP contribution in [0, 0.1) is 5.82 Å². The number of benzene rings is 1. The zero-order valence-electron chi connectivity index (χ0n) is 9.14. The zero-order chi connectivity index (χ0) is 12.5. The van der Waals surface area contributed by atoms with Crippen molar-refractivity contribution in [3.8, 4) is 0 Å². The second-order valence-corrected chi connectivity index (χ2v) is 4.09. The lowest BCUT2D eigenvalue weighted by Gasteiger charge is -2.09. The lowest BCUT2D eigenvalue weighted by atomic mass is 10.3. The molecule has 0 saturated heterocycles. The Bertz CT molecular complexity index is 710. The average molecular weight is 263 g/mol. The van der Waals surface area contributed by atoms with Gasteiger partial charge in [-0.1, -0.05) is 11.6 Å². The van der Waals surface area contributed by atoms with Gasteiger partial charge in [-0.3, -0.25) is 0 Å². The van der Waals surface area contributed by atoms with Crippen LogP contribution in [-0.2, 0) is 0 Å². The van der Waals surface area contributed by atoms with Crippen LogP contribution in [0.5, 0.6) is 0 Å². The van der Waals surface area contributed by atoms with E-state index in [1.807, 2.05) is 0 Å². The Labute approximate surface area is 107 Å². The summed E-state index contributed by atoms with van der Waals surface area (Å²) >= 11 is 6.00. The minimum atomic E-state index is -0.354. The van der Waals surface area contributed by atoms with Crippen molar-refractivity contribution in [1.82, 2.24) is 14.6 Å². The Hall–Kier alpha value is -2.14. The highest BCUT2D eigenvalue weighted by Gasteiger charge is 2.06. The van der Waals surface area contributed by atoms with Gasteiger partial charge in [0.15, 0.2) is 5.65 Å². The van der Waals surface area contributed by atoms with E-state index < -0.39 is 0 Å². The summed E-state index contributed by atoms with van der Waals surface area (Å²) in [5.74, 6) is 0.310. The largest absolute Gasteiger partial charge is 0.339 e. The Morgan fingerprint density at radius 2 is 2.06 bits per heavy atom. The molecule has 90 valence electrons. The first-order chi connectivity index (χ1) is 8.74. The van der Waals surface area contributed by atoms with Gasteiger partial charge in [0.25, 0.3) is 0 Å². The SMILES string of the molecule is Fc1ccc(Cl)c(Nc2ccnc3ccnn23)c1. The first kappa shape index (κ1) is 11.0. The molecule has 3 aromatic rings. The van der Waals surface area contributed by atoms with Gasteiger partial charge in [-0.25, -0.2) is 9.37 Å². The van der Waals surface area contributed by atoms with Gasteiger partial charge in [0.05, 0.1) is 16.9 Å². The van der Waals surface area contributed by atoms with Gasteiger partial charge in [0.1, 0.15) is 11.6 Å². The molecule has 1 N–H and O–H groups in total. The number of nitrogens with one attached hydrogen (secondary N) is 1. The van der Waals surface area contributed by atoms with Gasteiger partial charge >= 0.3 is 0 Å². The molecule has 0 fully saturated rings. The van der Waals surface area contributed by atoms with E-state index in [1.54, 1.807) is 29.0 Å². The van der Waals surface area contributed by atoms with Crippen molar-refractivity contribution >= 4 is 28.8 Å². The molecule has 3 rings (SSSR count). The summed E-state index contributed by atoms with van der Waals surface area (Å²) in [5.41, 5.74) is 1.19. The van der Waals surface area contributed by atoms with Gasteiger partial charge in [0, 0.05) is 12.3 Å². The van der Waals surface area contributed by atoms with Crippen molar-refractivity contribution in [2.45, 2.75) is 0 Å². The van der Waals surface area contributed by atoms with Crippen molar-refractivity contribution in [3.05, 3.63) is 53.6 Å². The van der Waals surface area contributed by atoms with Crippen LogP contribution in [0.4, 0.5) is 15.9 Å².